The fourth-order valence-corrected chi connectivity index (χ4v) is 3.13. The van der Waals surface area contributed by atoms with E-state index >= 15 is 0 Å². The first-order valence-corrected chi connectivity index (χ1v) is 8.01. The van der Waals surface area contributed by atoms with E-state index in [9.17, 15) is 13.2 Å². The van der Waals surface area contributed by atoms with Crippen LogP contribution >= 0.6 is 0 Å². The summed E-state index contributed by atoms with van der Waals surface area (Å²) < 4.78 is 30.7. The van der Waals surface area contributed by atoms with Crippen molar-refractivity contribution in [2.75, 3.05) is 19.7 Å². The number of esters is 1. The van der Waals surface area contributed by atoms with Gasteiger partial charge in [0.1, 0.15) is 6.54 Å². The van der Waals surface area contributed by atoms with Crippen LogP contribution in [0.4, 0.5) is 0 Å². The Bertz CT molecular complexity index is 617. The highest BCUT2D eigenvalue weighted by atomic mass is 32.2. The van der Waals surface area contributed by atoms with Crippen molar-refractivity contribution in [1.29, 1.82) is 5.26 Å². The molecule has 7 heteroatoms. The molecule has 114 valence electrons. The van der Waals surface area contributed by atoms with Crippen LogP contribution in [0.2, 0.25) is 0 Å². The second-order valence-electron chi connectivity index (χ2n) is 4.22. The Morgan fingerprint density at radius 2 is 1.90 bits per heavy atom. The molecule has 0 aliphatic heterocycles. The van der Waals surface area contributed by atoms with Crippen LogP contribution in [0.3, 0.4) is 0 Å². The monoisotopic (exact) mass is 310 g/mol. The molecule has 0 aliphatic rings. The molecule has 1 rings (SSSR count). The molecule has 0 amide bonds. The maximum atomic E-state index is 12.4. The van der Waals surface area contributed by atoms with E-state index in [-0.39, 0.29) is 31.0 Å². The molecule has 0 bridgehead atoms. The zero-order valence-corrected chi connectivity index (χ0v) is 12.9. The Kier molecular flexibility index (Phi) is 6.34. The first kappa shape index (κ1) is 17.1. The van der Waals surface area contributed by atoms with Gasteiger partial charge in [0.15, 0.2) is 0 Å². The number of nitrogens with zero attached hydrogens (tertiary/aromatic N) is 2. The van der Waals surface area contributed by atoms with Gasteiger partial charge in [-0.25, -0.2) is 8.42 Å². The van der Waals surface area contributed by atoms with Gasteiger partial charge in [-0.1, -0.05) is 19.1 Å². The number of hydrogen-bond donors (Lipinski definition) is 0. The summed E-state index contributed by atoms with van der Waals surface area (Å²) in [4.78, 5) is 11.6. The zero-order chi connectivity index (χ0) is 15.9. The third-order valence-corrected chi connectivity index (χ3v) is 4.74. The van der Waals surface area contributed by atoms with Crippen molar-refractivity contribution in [2.45, 2.75) is 25.2 Å². The number of benzene rings is 1. The number of rotatable bonds is 7. The molecule has 6 nitrogen and oxygen atoms in total. The minimum absolute atomic E-state index is 0.0929. The second kappa shape index (κ2) is 7.76. The molecular weight excluding hydrogens is 292 g/mol. The fraction of sp³-hybridized carbons (Fsp3) is 0.429. The molecule has 1 aromatic rings. The Hall–Kier alpha value is -1.91. The highest BCUT2D eigenvalue weighted by molar-refractivity contribution is 7.89. The lowest BCUT2D eigenvalue weighted by Gasteiger charge is -2.19. The quantitative estimate of drug-likeness (QED) is 0.709. The number of nitriles is 1. The smallest absolute Gasteiger partial charge is 0.321 e. The number of ether oxygens (including phenoxy) is 1. The zero-order valence-electron chi connectivity index (χ0n) is 12.1. The Balaban J connectivity index is 2.96. The largest absolute Gasteiger partial charge is 0.465 e. The normalized spacial score (nSPS) is 11.1. The molecule has 0 radical (unpaired) electrons. The fourth-order valence-electron chi connectivity index (χ4n) is 1.74. The van der Waals surface area contributed by atoms with E-state index < -0.39 is 16.0 Å². The molecule has 0 saturated heterocycles. The summed E-state index contributed by atoms with van der Waals surface area (Å²) in [6, 6.07) is 8.06. The molecule has 21 heavy (non-hydrogen) atoms. The van der Waals surface area contributed by atoms with Crippen LogP contribution < -0.4 is 0 Å². The van der Waals surface area contributed by atoms with Gasteiger partial charge in [-0.15, -0.1) is 0 Å². The van der Waals surface area contributed by atoms with Crippen LogP contribution in [0.5, 0.6) is 0 Å². The van der Waals surface area contributed by atoms with Crippen LogP contribution in [-0.4, -0.2) is 38.4 Å². The van der Waals surface area contributed by atoms with Gasteiger partial charge in [-0.05, 0) is 24.6 Å². The topological polar surface area (TPSA) is 87.5 Å². The molecule has 0 aliphatic carbocycles. The van der Waals surface area contributed by atoms with Crippen LogP contribution in [0, 0.1) is 11.3 Å². The van der Waals surface area contributed by atoms with Gasteiger partial charge >= 0.3 is 5.97 Å². The predicted octanol–water partition coefficient (Wildman–Crippen LogP) is 1.33. The van der Waals surface area contributed by atoms with Crippen molar-refractivity contribution < 1.29 is 17.9 Å². The van der Waals surface area contributed by atoms with E-state index in [1.165, 1.54) is 12.1 Å². The highest BCUT2D eigenvalue weighted by Crippen LogP contribution is 2.16. The molecule has 0 heterocycles. The highest BCUT2D eigenvalue weighted by Gasteiger charge is 2.25. The lowest BCUT2D eigenvalue weighted by molar-refractivity contribution is -0.143. The molecule has 0 N–H and O–H groups in total. The van der Waals surface area contributed by atoms with Crippen LogP contribution in [0.15, 0.2) is 29.2 Å². The third-order valence-electron chi connectivity index (χ3n) is 2.81. The molecule has 0 atom stereocenters. The molecule has 1 aromatic carbocycles. The van der Waals surface area contributed by atoms with Crippen LogP contribution in [0.1, 0.15) is 19.4 Å². The molecular formula is C14H18N2O4S. The number of likely N-dealkylation sites (N-methyl/N-ethyl adjacent to an activating group) is 1. The summed E-state index contributed by atoms with van der Waals surface area (Å²) in [6.07, 6.45) is 0.223. The third kappa shape index (κ3) is 4.55. The summed E-state index contributed by atoms with van der Waals surface area (Å²) >= 11 is 0. The van der Waals surface area contributed by atoms with E-state index in [4.69, 9.17) is 10.00 Å². The number of carbonyl (C=O) groups is 1. The van der Waals surface area contributed by atoms with Gasteiger partial charge in [0.2, 0.25) is 10.0 Å². The Morgan fingerprint density at radius 3 is 2.38 bits per heavy atom. The molecule has 0 aromatic heterocycles. The van der Waals surface area contributed by atoms with Gasteiger partial charge in [-0.3, -0.25) is 4.79 Å². The summed E-state index contributed by atoms with van der Waals surface area (Å²) in [7, 11) is -3.75. The SMILES string of the molecule is CCOC(=O)CN(CC)S(=O)(=O)c1ccc(CC#N)cc1. The Labute approximate surface area is 125 Å². The lowest BCUT2D eigenvalue weighted by atomic mass is 10.2. The van der Waals surface area contributed by atoms with Gasteiger partial charge in [-0.2, -0.15) is 9.57 Å². The standard InChI is InChI=1S/C14H18N2O4S/c1-3-16(11-14(17)20-4-2)21(18,19)13-7-5-12(6-8-13)9-10-15/h5-8H,3-4,9,11H2,1-2H3. The van der Waals surface area contributed by atoms with E-state index in [0.29, 0.717) is 0 Å². The van der Waals surface area contributed by atoms with Crippen LogP contribution in [-0.2, 0) is 26.0 Å². The number of hydrogen-bond acceptors (Lipinski definition) is 5. The van der Waals surface area contributed by atoms with E-state index in [0.717, 1.165) is 9.87 Å². The summed E-state index contributed by atoms with van der Waals surface area (Å²) in [5.74, 6) is -0.580. The van der Waals surface area contributed by atoms with Gasteiger partial charge in [0, 0.05) is 6.54 Å². The van der Waals surface area contributed by atoms with E-state index in [1.54, 1.807) is 26.0 Å². The summed E-state index contributed by atoms with van der Waals surface area (Å²) in [5, 5.41) is 8.60. The first-order valence-electron chi connectivity index (χ1n) is 6.57. The van der Waals surface area contributed by atoms with Crippen molar-refractivity contribution in [3.05, 3.63) is 29.8 Å². The first-order chi connectivity index (χ1) is 9.95. The van der Waals surface area contributed by atoms with E-state index in [1.807, 2.05) is 6.07 Å². The molecule has 0 fully saturated rings. The molecule has 0 unspecified atom stereocenters. The van der Waals surface area contributed by atoms with Gasteiger partial charge in [0.05, 0.1) is 24.0 Å². The van der Waals surface area contributed by atoms with E-state index in [2.05, 4.69) is 0 Å². The van der Waals surface area contributed by atoms with Gasteiger partial charge < -0.3 is 4.74 Å². The van der Waals surface area contributed by atoms with Gasteiger partial charge in [0.25, 0.3) is 0 Å². The average molecular weight is 310 g/mol. The van der Waals surface area contributed by atoms with Crippen LogP contribution in [0.25, 0.3) is 0 Å². The minimum Gasteiger partial charge on any atom is -0.465 e. The summed E-state index contributed by atoms with van der Waals surface area (Å²) in [5.41, 5.74) is 0.741. The summed E-state index contributed by atoms with van der Waals surface area (Å²) in [6.45, 7) is 3.38. The molecule has 0 spiro atoms. The predicted molar refractivity (Wildman–Crippen MR) is 76.8 cm³/mol. The maximum Gasteiger partial charge on any atom is 0.321 e. The van der Waals surface area contributed by atoms with Crippen molar-refractivity contribution in [1.82, 2.24) is 4.31 Å². The van der Waals surface area contributed by atoms with Crippen molar-refractivity contribution in [3.8, 4) is 6.07 Å². The van der Waals surface area contributed by atoms with Crippen molar-refractivity contribution in [3.63, 3.8) is 0 Å². The second-order valence-corrected chi connectivity index (χ2v) is 6.15. The minimum atomic E-state index is -3.75. The van der Waals surface area contributed by atoms with Crippen molar-refractivity contribution in [2.24, 2.45) is 0 Å². The Morgan fingerprint density at radius 1 is 1.29 bits per heavy atom. The average Bonchev–Trinajstić information content (AvgIpc) is 2.46. The number of sulfonamides is 1. The maximum absolute atomic E-state index is 12.4. The molecule has 0 saturated carbocycles. The van der Waals surface area contributed by atoms with Crippen molar-refractivity contribution >= 4 is 16.0 Å². The lowest BCUT2D eigenvalue weighted by Crippen LogP contribution is -2.36. The number of carbonyl (C=O) groups excluding carboxylic acids is 1.